The van der Waals surface area contributed by atoms with Gasteiger partial charge in [-0.3, -0.25) is 14.2 Å². The molecule has 1 amide bonds. The maximum atomic E-state index is 13.0. The summed E-state index contributed by atoms with van der Waals surface area (Å²) in [5.41, 5.74) is 1.11. The molecule has 0 aliphatic rings. The van der Waals surface area contributed by atoms with E-state index in [9.17, 15) is 22.8 Å². The van der Waals surface area contributed by atoms with E-state index in [1.165, 1.54) is 23.5 Å². The Morgan fingerprint density at radius 1 is 1.26 bits per heavy atom. The lowest BCUT2D eigenvalue weighted by atomic mass is 10.2. The van der Waals surface area contributed by atoms with Gasteiger partial charge in [0.1, 0.15) is 10.6 Å². The van der Waals surface area contributed by atoms with E-state index in [4.69, 9.17) is 0 Å². The Bertz CT molecular complexity index is 1170. The van der Waals surface area contributed by atoms with Crippen molar-refractivity contribution in [2.24, 2.45) is 0 Å². The zero-order valence-corrected chi connectivity index (χ0v) is 18.8. The number of benzene rings is 1. The highest BCUT2D eigenvalue weighted by molar-refractivity contribution is 7.99. The number of fused-ring (bicyclic) bond motifs is 1. The number of anilines is 1. The van der Waals surface area contributed by atoms with E-state index in [2.05, 4.69) is 15.0 Å². The number of hydrogen-bond acceptors (Lipinski definition) is 6. The smallest absolute Gasteiger partial charge is 0.406 e. The number of hydrogen-bond donors (Lipinski definition) is 1. The predicted octanol–water partition coefficient (Wildman–Crippen LogP) is 5.29. The Labute approximate surface area is 184 Å². The van der Waals surface area contributed by atoms with Crippen molar-refractivity contribution in [3.63, 3.8) is 0 Å². The Morgan fingerprint density at radius 2 is 1.90 bits per heavy atom. The lowest BCUT2D eigenvalue weighted by molar-refractivity contribution is -0.274. The number of alkyl halides is 3. The number of rotatable bonds is 6. The molecule has 31 heavy (non-hydrogen) atoms. The van der Waals surface area contributed by atoms with Gasteiger partial charge in [-0.1, -0.05) is 11.8 Å². The number of carbonyl (C=O) groups excluding carboxylic acids is 1. The molecule has 3 aromatic rings. The van der Waals surface area contributed by atoms with Gasteiger partial charge in [0.25, 0.3) is 5.56 Å². The van der Waals surface area contributed by atoms with Crippen molar-refractivity contribution in [2.45, 2.75) is 45.3 Å². The molecule has 0 unspecified atom stereocenters. The highest BCUT2D eigenvalue weighted by Gasteiger charge is 2.31. The molecule has 2 aromatic heterocycles. The first-order valence-corrected chi connectivity index (χ1v) is 11.1. The SMILES string of the molecule is Cc1sc2nc(SCC(=O)Nc3ccc(OC(F)(F)F)cc3)n(C(C)C)c(=O)c2c1C. The van der Waals surface area contributed by atoms with Gasteiger partial charge in [-0.15, -0.1) is 24.5 Å². The van der Waals surface area contributed by atoms with Gasteiger partial charge in [0.2, 0.25) is 5.91 Å². The van der Waals surface area contributed by atoms with Crippen LogP contribution in [0.5, 0.6) is 5.75 Å². The van der Waals surface area contributed by atoms with Crippen LogP contribution >= 0.6 is 23.1 Å². The molecule has 2 heterocycles. The number of aryl methyl sites for hydroxylation is 2. The summed E-state index contributed by atoms with van der Waals surface area (Å²) in [5, 5.41) is 3.65. The average Bonchev–Trinajstić information content (AvgIpc) is 2.94. The molecule has 1 aromatic carbocycles. The second-order valence-corrected chi connectivity index (χ2v) is 9.18. The fourth-order valence-corrected chi connectivity index (χ4v) is 4.91. The van der Waals surface area contributed by atoms with Crippen molar-refractivity contribution in [3.05, 3.63) is 45.1 Å². The molecule has 0 aliphatic heterocycles. The maximum Gasteiger partial charge on any atom is 0.573 e. The highest BCUT2D eigenvalue weighted by Crippen LogP contribution is 2.29. The third kappa shape index (κ3) is 5.40. The third-order valence-corrected chi connectivity index (χ3v) is 6.48. The first kappa shape index (κ1) is 23.1. The maximum absolute atomic E-state index is 13.0. The molecular weight excluding hydrogens is 451 g/mol. The molecule has 11 heteroatoms. The first-order valence-electron chi connectivity index (χ1n) is 9.27. The van der Waals surface area contributed by atoms with Gasteiger partial charge in [-0.05, 0) is 57.5 Å². The van der Waals surface area contributed by atoms with E-state index in [0.29, 0.717) is 21.1 Å². The first-order chi connectivity index (χ1) is 14.5. The predicted molar refractivity (Wildman–Crippen MR) is 116 cm³/mol. The van der Waals surface area contributed by atoms with Crippen LogP contribution in [0.25, 0.3) is 10.2 Å². The van der Waals surface area contributed by atoms with Crippen molar-refractivity contribution in [1.82, 2.24) is 9.55 Å². The molecule has 0 atom stereocenters. The van der Waals surface area contributed by atoms with Gasteiger partial charge >= 0.3 is 6.36 Å². The molecule has 0 fully saturated rings. The minimum absolute atomic E-state index is 0.0190. The fourth-order valence-electron chi connectivity index (χ4n) is 2.91. The number of halogens is 3. The topological polar surface area (TPSA) is 73.2 Å². The summed E-state index contributed by atoms with van der Waals surface area (Å²) in [5.74, 6) is -0.771. The van der Waals surface area contributed by atoms with Crippen molar-refractivity contribution in [1.29, 1.82) is 0 Å². The monoisotopic (exact) mass is 471 g/mol. The zero-order valence-electron chi connectivity index (χ0n) is 17.2. The number of amides is 1. The number of ether oxygens (including phenoxy) is 1. The molecule has 3 rings (SSSR count). The van der Waals surface area contributed by atoms with Crippen LogP contribution in [0, 0.1) is 13.8 Å². The summed E-state index contributed by atoms with van der Waals surface area (Å²) in [6.07, 6.45) is -4.78. The second kappa shape index (κ2) is 8.91. The number of nitrogens with one attached hydrogen (secondary N) is 1. The lowest BCUT2D eigenvalue weighted by Gasteiger charge is -2.15. The van der Waals surface area contributed by atoms with Gasteiger partial charge in [-0.25, -0.2) is 4.98 Å². The van der Waals surface area contributed by atoms with E-state index >= 15 is 0 Å². The number of carbonyl (C=O) groups is 1. The summed E-state index contributed by atoms with van der Waals surface area (Å²) in [6.45, 7) is 7.58. The number of nitrogens with zero attached hydrogens (tertiary/aromatic N) is 2. The Hall–Kier alpha value is -2.53. The van der Waals surface area contributed by atoms with Crippen LogP contribution < -0.4 is 15.6 Å². The van der Waals surface area contributed by atoms with Crippen LogP contribution in [0.15, 0.2) is 34.2 Å². The van der Waals surface area contributed by atoms with E-state index in [1.54, 1.807) is 4.57 Å². The summed E-state index contributed by atoms with van der Waals surface area (Å²) in [4.78, 5) is 31.6. The minimum Gasteiger partial charge on any atom is -0.406 e. The minimum atomic E-state index is -4.78. The molecule has 0 aliphatic carbocycles. The molecular formula is C20H20F3N3O3S2. The van der Waals surface area contributed by atoms with Crippen molar-refractivity contribution in [2.75, 3.05) is 11.1 Å². The second-order valence-electron chi connectivity index (χ2n) is 7.04. The molecule has 0 spiro atoms. The average molecular weight is 472 g/mol. The standard InChI is InChI=1S/C20H20F3N3O3S2/c1-10(2)26-18(28)16-11(3)12(4)31-17(16)25-19(26)30-9-15(27)24-13-5-7-14(8-6-13)29-20(21,22)23/h5-8,10H,9H2,1-4H3,(H,24,27). The molecule has 0 radical (unpaired) electrons. The molecule has 166 valence electrons. The summed E-state index contributed by atoms with van der Waals surface area (Å²) in [6, 6.07) is 4.72. The Kier molecular flexibility index (Phi) is 6.65. The zero-order chi connectivity index (χ0) is 22.9. The van der Waals surface area contributed by atoms with Crippen LogP contribution in [0.3, 0.4) is 0 Å². The van der Waals surface area contributed by atoms with Crippen molar-refractivity contribution in [3.8, 4) is 5.75 Å². The number of thiophene rings is 1. The van der Waals surface area contributed by atoms with Gasteiger partial charge in [-0.2, -0.15) is 0 Å². The largest absolute Gasteiger partial charge is 0.573 e. The van der Waals surface area contributed by atoms with Crippen molar-refractivity contribution < 1.29 is 22.7 Å². The van der Waals surface area contributed by atoms with Crippen LogP contribution in [0.1, 0.15) is 30.3 Å². The van der Waals surface area contributed by atoms with E-state index in [-0.39, 0.29) is 29.0 Å². The van der Waals surface area contributed by atoms with Crippen LogP contribution in [0.2, 0.25) is 0 Å². The van der Waals surface area contributed by atoms with Crippen LogP contribution in [0.4, 0.5) is 18.9 Å². The van der Waals surface area contributed by atoms with Gasteiger partial charge < -0.3 is 10.1 Å². The van der Waals surface area contributed by atoms with E-state index in [1.807, 2.05) is 27.7 Å². The molecule has 6 nitrogen and oxygen atoms in total. The number of thioether (sulfide) groups is 1. The quantitative estimate of drug-likeness (QED) is 0.391. The van der Waals surface area contributed by atoms with Crippen LogP contribution in [-0.2, 0) is 4.79 Å². The Morgan fingerprint density at radius 3 is 2.48 bits per heavy atom. The van der Waals surface area contributed by atoms with Gasteiger partial charge in [0, 0.05) is 16.6 Å². The number of aromatic nitrogens is 2. The molecule has 0 bridgehead atoms. The fraction of sp³-hybridized carbons (Fsp3) is 0.350. The van der Waals surface area contributed by atoms with Crippen LogP contribution in [-0.4, -0.2) is 27.6 Å². The Balaban J connectivity index is 1.74. The van der Waals surface area contributed by atoms with Gasteiger partial charge in [0.05, 0.1) is 11.1 Å². The molecule has 0 saturated carbocycles. The third-order valence-electron chi connectivity index (χ3n) is 4.42. The van der Waals surface area contributed by atoms with E-state index in [0.717, 1.165) is 34.3 Å². The normalized spacial score (nSPS) is 11.9. The highest BCUT2D eigenvalue weighted by atomic mass is 32.2. The summed E-state index contributed by atoms with van der Waals surface area (Å²) >= 11 is 2.57. The summed E-state index contributed by atoms with van der Waals surface area (Å²) in [7, 11) is 0. The van der Waals surface area contributed by atoms with E-state index < -0.39 is 6.36 Å². The summed E-state index contributed by atoms with van der Waals surface area (Å²) < 4.78 is 42.1. The van der Waals surface area contributed by atoms with Crippen molar-refractivity contribution >= 4 is 44.9 Å². The lowest BCUT2D eigenvalue weighted by Crippen LogP contribution is -2.25. The molecule has 1 N–H and O–H groups in total. The molecule has 0 saturated heterocycles. The van der Waals surface area contributed by atoms with Gasteiger partial charge in [0.15, 0.2) is 5.16 Å².